The van der Waals surface area contributed by atoms with Gasteiger partial charge in [0.2, 0.25) is 11.7 Å². The zero-order valence-electron chi connectivity index (χ0n) is 16.1. The van der Waals surface area contributed by atoms with E-state index in [-0.39, 0.29) is 11.8 Å². The number of fused-ring (bicyclic) bond motifs is 1. The number of hydrogen-bond donors (Lipinski definition) is 1. The average Bonchev–Trinajstić information content (AvgIpc) is 3.16. The summed E-state index contributed by atoms with van der Waals surface area (Å²) in [5.74, 6) is 2.15. The number of aromatic nitrogens is 1. The van der Waals surface area contributed by atoms with Crippen molar-refractivity contribution < 1.29 is 23.7 Å². The van der Waals surface area contributed by atoms with Crippen LogP contribution in [0.5, 0.6) is 17.2 Å². The van der Waals surface area contributed by atoms with E-state index < -0.39 is 0 Å². The lowest BCUT2D eigenvalue weighted by atomic mass is 9.91. The molecular weight excluding hydrogens is 382 g/mol. The fourth-order valence-electron chi connectivity index (χ4n) is 3.57. The number of benzene rings is 1. The summed E-state index contributed by atoms with van der Waals surface area (Å²) in [6.45, 7) is 2.98. The molecule has 1 N–H and O–H groups in total. The van der Waals surface area contributed by atoms with Crippen molar-refractivity contribution >= 4 is 28.2 Å². The first-order valence-electron chi connectivity index (χ1n) is 9.07. The van der Waals surface area contributed by atoms with Crippen molar-refractivity contribution in [2.45, 2.75) is 12.3 Å². The third-order valence-electron chi connectivity index (χ3n) is 4.98. The first-order valence-corrected chi connectivity index (χ1v) is 9.89. The number of hydrogen-bond acceptors (Lipinski definition) is 8. The lowest BCUT2D eigenvalue weighted by Gasteiger charge is -2.26. The van der Waals surface area contributed by atoms with E-state index in [0.29, 0.717) is 42.7 Å². The molecule has 2 aromatic rings. The van der Waals surface area contributed by atoms with Crippen molar-refractivity contribution in [3.63, 3.8) is 0 Å². The molecule has 2 aliphatic heterocycles. The molecule has 1 fully saturated rings. The summed E-state index contributed by atoms with van der Waals surface area (Å²) in [4.78, 5) is 20.3. The van der Waals surface area contributed by atoms with Gasteiger partial charge in [0.05, 0.1) is 39.4 Å². The van der Waals surface area contributed by atoms with E-state index in [0.717, 1.165) is 28.7 Å². The average molecular weight is 405 g/mol. The normalized spacial score (nSPS) is 19.0. The summed E-state index contributed by atoms with van der Waals surface area (Å²) in [6.07, 6.45) is 0.344. The first-order chi connectivity index (χ1) is 13.6. The van der Waals surface area contributed by atoms with Crippen molar-refractivity contribution in [1.29, 1.82) is 0 Å². The minimum Gasteiger partial charge on any atom is -0.493 e. The summed E-state index contributed by atoms with van der Waals surface area (Å²) >= 11 is 1.62. The molecule has 8 nitrogen and oxygen atoms in total. The minimum atomic E-state index is -0.121. The van der Waals surface area contributed by atoms with Crippen LogP contribution in [0.15, 0.2) is 12.1 Å². The number of rotatable bonds is 5. The number of carbonyl (C=O) groups is 1. The smallest absolute Gasteiger partial charge is 0.226 e. The molecule has 4 rings (SSSR count). The number of thiazole rings is 1. The number of nitrogens with zero attached hydrogens (tertiary/aromatic N) is 2. The maximum absolute atomic E-state index is 12.4. The Bertz CT molecular complexity index is 853. The van der Waals surface area contributed by atoms with Gasteiger partial charge in [-0.25, -0.2) is 4.98 Å². The standard InChI is InChI=1S/C19H23N3O5S/c1-24-13-8-11(9-14(25-2)16(13)26-3)12-10-15(23)20-18-17(12)28-19(21-18)22-4-6-27-7-5-22/h8-9,12H,4-7,10H2,1-3H3,(H,20,23)/t12-/m0/s1. The van der Waals surface area contributed by atoms with E-state index >= 15 is 0 Å². The van der Waals surface area contributed by atoms with Crippen LogP contribution in [0.1, 0.15) is 22.8 Å². The van der Waals surface area contributed by atoms with Crippen LogP contribution in [0, 0.1) is 0 Å². The van der Waals surface area contributed by atoms with Crippen molar-refractivity contribution in [2.24, 2.45) is 0 Å². The van der Waals surface area contributed by atoms with Gasteiger partial charge in [0, 0.05) is 25.4 Å². The highest BCUT2D eigenvalue weighted by Crippen LogP contribution is 2.47. The third kappa shape index (κ3) is 3.35. The monoisotopic (exact) mass is 405 g/mol. The van der Waals surface area contributed by atoms with Gasteiger partial charge in [-0.15, -0.1) is 0 Å². The zero-order valence-corrected chi connectivity index (χ0v) is 16.9. The highest BCUT2D eigenvalue weighted by Gasteiger charge is 2.33. The fraction of sp³-hybridized carbons (Fsp3) is 0.474. The highest BCUT2D eigenvalue weighted by molar-refractivity contribution is 7.16. The fourth-order valence-corrected chi connectivity index (χ4v) is 4.77. The molecule has 1 saturated heterocycles. The van der Waals surface area contributed by atoms with Gasteiger partial charge in [-0.2, -0.15) is 0 Å². The van der Waals surface area contributed by atoms with E-state index in [1.807, 2.05) is 12.1 Å². The molecule has 0 unspecified atom stereocenters. The third-order valence-corrected chi connectivity index (χ3v) is 6.21. The quantitative estimate of drug-likeness (QED) is 0.818. The number of anilines is 2. The summed E-state index contributed by atoms with van der Waals surface area (Å²) in [5, 5.41) is 3.82. The number of ether oxygens (including phenoxy) is 4. The number of carbonyl (C=O) groups excluding carboxylic acids is 1. The molecule has 0 radical (unpaired) electrons. The number of morpholine rings is 1. The van der Waals surface area contributed by atoms with Crippen LogP contribution < -0.4 is 24.4 Å². The van der Waals surface area contributed by atoms with Crippen LogP contribution in [0.2, 0.25) is 0 Å². The van der Waals surface area contributed by atoms with E-state index in [9.17, 15) is 4.79 Å². The van der Waals surface area contributed by atoms with Crippen LogP contribution in [0.3, 0.4) is 0 Å². The predicted octanol–water partition coefficient (Wildman–Crippen LogP) is 2.48. The molecule has 1 atom stereocenters. The van der Waals surface area contributed by atoms with Crippen LogP contribution in [-0.4, -0.2) is 58.5 Å². The Labute approximate surface area is 167 Å². The number of methoxy groups -OCH3 is 3. The van der Waals surface area contributed by atoms with Gasteiger partial charge in [-0.05, 0) is 17.7 Å². The SMILES string of the molecule is COc1cc([C@@H]2CC(=O)Nc3nc(N4CCOCC4)sc32)cc(OC)c1OC. The second-order valence-corrected chi connectivity index (χ2v) is 7.58. The Morgan fingerprint density at radius 1 is 1.14 bits per heavy atom. The Morgan fingerprint density at radius 2 is 1.82 bits per heavy atom. The lowest BCUT2D eigenvalue weighted by Crippen LogP contribution is -2.36. The van der Waals surface area contributed by atoms with Gasteiger partial charge < -0.3 is 29.2 Å². The predicted molar refractivity (Wildman–Crippen MR) is 106 cm³/mol. The van der Waals surface area contributed by atoms with Gasteiger partial charge in [0.1, 0.15) is 5.82 Å². The lowest BCUT2D eigenvalue weighted by molar-refractivity contribution is -0.116. The molecule has 0 aliphatic carbocycles. The molecule has 9 heteroatoms. The molecule has 150 valence electrons. The molecule has 1 aromatic heterocycles. The van der Waals surface area contributed by atoms with Gasteiger partial charge in [-0.1, -0.05) is 11.3 Å². The maximum atomic E-state index is 12.4. The van der Waals surface area contributed by atoms with Crippen LogP contribution in [0.4, 0.5) is 10.9 Å². The zero-order chi connectivity index (χ0) is 19.7. The number of nitrogens with one attached hydrogen (secondary N) is 1. The van der Waals surface area contributed by atoms with Crippen LogP contribution in [-0.2, 0) is 9.53 Å². The number of amides is 1. The van der Waals surface area contributed by atoms with Crippen molar-refractivity contribution in [2.75, 3.05) is 57.8 Å². The molecule has 0 bridgehead atoms. The largest absolute Gasteiger partial charge is 0.493 e. The molecular formula is C19H23N3O5S. The Balaban J connectivity index is 1.75. The second kappa shape index (κ2) is 7.84. The molecule has 3 heterocycles. The Hall–Kier alpha value is -2.52. The van der Waals surface area contributed by atoms with Gasteiger partial charge in [0.25, 0.3) is 0 Å². The van der Waals surface area contributed by atoms with Gasteiger partial charge in [-0.3, -0.25) is 4.79 Å². The van der Waals surface area contributed by atoms with Gasteiger partial charge in [0.15, 0.2) is 16.6 Å². The Kier molecular flexibility index (Phi) is 5.27. The summed E-state index contributed by atoms with van der Waals surface area (Å²) in [6, 6.07) is 3.81. The van der Waals surface area contributed by atoms with Crippen molar-refractivity contribution in [3.05, 3.63) is 22.6 Å². The van der Waals surface area contributed by atoms with E-state index in [1.54, 1.807) is 32.7 Å². The van der Waals surface area contributed by atoms with Crippen molar-refractivity contribution in [1.82, 2.24) is 4.98 Å². The molecule has 1 amide bonds. The van der Waals surface area contributed by atoms with Crippen molar-refractivity contribution in [3.8, 4) is 17.2 Å². The molecule has 2 aliphatic rings. The van der Waals surface area contributed by atoms with E-state index in [2.05, 4.69) is 15.2 Å². The minimum absolute atomic E-state index is 0.0509. The summed E-state index contributed by atoms with van der Waals surface area (Å²) in [7, 11) is 4.75. The topological polar surface area (TPSA) is 82.2 Å². The second-order valence-electron chi connectivity index (χ2n) is 6.57. The molecule has 1 aromatic carbocycles. The van der Waals surface area contributed by atoms with E-state index in [1.165, 1.54) is 0 Å². The molecule has 0 saturated carbocycles. The summed E-state index contributed by atoms with van der Waals surface area (Å²) in [5.41, 5.74) is 0.933. The van der Waals surface area contributed by atoms with Crippen LogP contribution >= 0.6 is 11.3 Å². The van der Waals surface area contributed by atoms with Crippen LogP contribution in [0.25, 0.3) is 0 Å². The molecule has 28 heavy (non-hydrogen) atoms. The summed E-state index contributed by atoms with van der Waals surface area (Å²) < 4.78 is 21.8. The molecule has 0 spiro atoms. The maximum Gasteiger partial charge on any atom is 0.226 e. The first kappa shape index (κ1) is 18.8. The van der Waals surface area contributed by atoms with Gasteiger partial charge >= 0.3 is 0 Å². The highest BCUT2D eigenvalue weighted by atomic mass is 32.1. The Morgan fingerprint density at radius 3 is 2.43 bits per heavy atom. The van der Waals surface area contributed by atoms with E-state index in [4.69, 9.17) is 18.9 Å².